The van der Waals surface area contributed by atoms with Crippen molar-refractivity contribution in [2.45, 2.75) is 37.2 Å². The molecular formula is C20H21Br2N3O4S. The van der Waals surface area contributed by atoms with Crippen molar-refractivity contribution in [1.29, 1.82) is 0 Å². The zero-order valence-corrected chi connectivity index (χ0v) is 20.4. The fourth-order valence-electron chi connectivity index (χ4n) is 2.76. The van der Waals surface area contributed by atoms with Crippen molar-refractivity contribution in [3.63, 3.8) is 0 Å². The maximum Gasteiger partial charge on any atom is 0.412 e. The molecule has 7 nitrogen and oxygen atoms in total. The predicted octanol–water partition coefficient (Wildman–Crippen LogP) is 6.46. The van der Waals surface area contributed by atoms with E-state index in [1.54, 1.807) is 6.21 Å². The number of amides is 1. The third kappa shape index (κ3) is 5.83. The Balaban J connectivity index is 1.40. The number of hydrogen-bond acceptors (Lipinski definition) is 7. The highest BCUT2D eigenvalue weighted by atomic mass is 79.9. The van der Waals surface area contributed by atoms with Crippen LogP contribution in [0, 0.1) is 0 Å². The number of hydrogen-bond donors (Lipinski definition) is 2. The van der Waals surface area contributed by atoms with Crippen LogP contribution < -0.4 is 15.8 Å². The fourth-order valence-corrected chi connectivity index (χ4v) is 4.78. The molecule has 3 N–H and O–H groups in total. The van der Waals surface area contributed by atoms with E-state index in [9.17, 15) is 4.79 Å². The second-order valence-corrected chi connectivity index (χ2v) is 9.47. The van der Waals surface area contributed by atoms with Gasteiger partial charge in [0.15, 0.2) is 0 Å². The molecule has 0 fully saturated rings. The Morgan fingerprint density at radius 2 is 2.00 bits per heavy atom. The minimum atomic E-state index is -0.700. The number of nitrogens with one attached hydrogen (secondary N) is 1. The molecule has 30 heavy (non-hydrogen) atoms. The van der Waals surface area contributed by atoms with Crippen molar-refractivity contribution in [1.82, 2.24) is 0 Å². The van der Waals surface area contributed by atoms with Crippen LogP contribution in [0.2, 0.25) is 0 Å². The van der Waals surface area contributed by atoms with Gasteiger partial charge in [0.2, 0.25) is 0 Å². The van der Waals surface area contributed by atoms with E-state index < -0.39 is 11.7 Å². The average molecular weight is 559 g/mol. The van der Waals surface area contributed by atoms with Crippen LogP contribution in [0.25, 0.3) is 0 Å². The van der Waals surface area contributed by atoms with Gasteiger partial charge >= 0.3 is 6.09 Å². The van der Waals surface area contributed by atoms with Crippen molar-refractivity contribution in [3.05, 3.63) is 44.8 Å². The second-order valence-electron chi connectivity index (χ2n) is 6.97. The van der Waals surface area contributed by atoms with Crippen molar-refractivity contribution in [3.8, 4) is 5.75 Å². The summed E-state index contributed by atoms with van der Waals surface area (Å²) in [5, 5.41) is 6.64. The molecule has 1 aliphatic heterocycles. The molecule has 10 heteroatoms. The highest BCUT2D eigenvalue weighted by Crippen LogP contribution is 2.37. The summed E-state index contributed by atoms with van der Waals surface area (Å²) in [6.07, 6.45) is 2.75. The summed E-state index contributed by atoms with van der Waals surface area (Å²) in [5.41, 5.74) is 7.42. The molecule has 0 spiro atoms. The predicted molar refractivity (Wildman–Crippen MR) is 126 cm³/mol. The summed E-state index contributed by atoms with van der Waals surface area (Å²) in [5.74, 6) is 0.727. The second kappa shape index (κ2) is 9.93. The average Bonchev–Trinajstić information content (AvgIpc) is 2.67. The van der Waals surface area contributed by atoms with Gasteiger partial charge in [0.05, 0.1) is 22.9 Å². The maximum atomic E-state index is 11.6. The van der Waals surface area contributed by atoms with Crippen LogP contribution in [0.4, 0.5) is 16.2 Å². The van der Waals surface area contributed by atoms with Gasteiger partial charge in [0, 0.05) is 20.7 Å². The largest absolute Gasteiger partial charge is 0.494 e. The van der Waals surface area contributed by atoms with Crippen molar-refractivity contribution < 1.29 is 18.6 Å². The minimum Gasteiger partial charge on any atom is -0.494 e. The Bertz CT molecular complexity index is 946. The van der Waals surface area contributed by atoms with Crippen molar-refractivity contribution in [2.24, 2.45) is 5.16 Å². The van der Waals surface area contributed by atoms with Crippen LogP contribution in [0.3, 0.4) is 0 Å². The number of ether oxygens (including phenoxy) is 2. The summed E-state index contributed by atoms with van der Waals surface area (Å²) in [6, 6.07) is 9.28. The van der Waals surface area contributed by atoms with Crippen LogP contribution in [0.15, 0.2) is 49.3 Å². The van der Waals surface area contributed by atoms with E-state index in [1.165, 1.54) is 0 Å². The lowest BCUT2D eigenvalue weighted by Gasteiger charge is -2.32. The molecular weight excluding hydrogens is 538 g/mol. The summed E-state index contributed by atoms with van der Waals surface area (Å²) in [7, 11) is 0. The first-order valence-electron chi connectivity index (χ1n) is 9.13. The lowest BCUT2D eigenvalue weighted by Crippen LogP contribution is -2.34. The number of rotatable bonds is 8. The normalized spacial score (nSPS) is 14.7. The molecule has 0 atom stereocenters. The molecule has 0 unspecified atom stereocenters. The van der Waals surface area contributed by atoms with Gasteiger partial charge in [-0.05, 0) is 88.9 Å². The number of halogens is 2. The zero-order chi connectivity index (χ0) is 21.7. The molecule has 3 rings (SSSR count). The van der Waals surface area contributed by atoms with E-state index in [0.717, 1.165) is 49.3 Å². The van der Waals surface area contributed by atoms with Crippen LogP contribution in [0.5, 0.6) is 5.75 Å². The van der Waals surface area contributed by atoms with Crippen LogP contribution in [-0.4, -0.2) is 18.9 Å². The smallest absolute Gasteiger partial charge is 0.412 e. The summed E-state index contributed by atoms with van der Waals surface area (Å²) >= 11 is 7.93. The third-order valence-corrected chi connectivity index (χ3v) is 6.18. The quantitative estimate of drug-likeness (QED) is 0.127. The van der Waals surface area contributed by atoms with E-state index in [-0.39, 0.29) is 0 Å². The van der Waals surface area contributed by atoms with Gasteiger partial charge in [-0.1, -0.05) is 5.16 Å². The molecule has 2 aromatic rings. The van der Waals surface area contributed by atoms with Gasteiger partial charge in [0.1, 0.15) is 23.4 Å². The number of nitrogens with two attached hydrogens (primary N) is 1. The zero-order valence-electron chi connectivity index (χ0n) is 16.4. The highest BCUT2D eigenvalue weighted by Gasteiger charge is 2.33. The van der Waals surface area contributed by atoms with Gasteiger partial charge < -0.3 is 19.5 Å². The first-order valence-corrected chi connectivity index (χ1v) is 11.5. The number of carbonyl (C=O) groups is 1. The molecule has 160 valence electrons. The van der Waals surface area contributed by atoms with Crippen molar-refractivity contribution in [2.75, 3.05) is 17.7 Å². The molecule has 0 saturated heterocycles. The third-order valence-electron chi connectivity index (χ3n) is 4.27. The molecule has 0 aromatic heterocycles. The number of fused-ring (bicyclic) bond motifs is 1. The molecule has 0 saturated carbocycles. The Kier molecular flexibility index (Phi) is 7.54. The molecule has 1 aliphatic rings. The van der Waals surface area contributed by atoms with Crippen LogP contribution in [0.1, 0.15) is 32.3 Å². The van der Waals surface area contributed by atoms with Crippen LogP contribution >= 0.6 is 43.9 Å². The Labute approximate surface area is 196 Å². The van der Waals surface area contributed by atoms with Crippen molar-refractivity contribution >= 4 is 67.6 Å². The van der Waals surface area contributed by atoms with Gasteiger partial charge in [-0.15, -0.1) is 0 Å². The standard InChI is InChI=1S/C20H21Br2N3O4S/c1-20(2)14-9-12(5-6-17(14)25-19(26)28-20)27-8-4-3-7-24-29-30-13-10-15(21)18(23)16(22)11-13/h5-7,9-11H,3-4,8,23H2,1-2H3,(H,25,26). The Hall–Kier alpha value is -1.91. The number of unbranched alkanes of at least 4 members (excludes halogenated alkanes) is 1. The minimum absolute atomic E-state index is 0.447. The van der Waals surface area contributed by atoms with Crippen LogP contribution in [-0.2, 0) is 14.6 Å². The first-order chi connectivity index (χ1) is 14.3. The van der Waals surface area contributed by atoms with E-state index in [2.05, 4.69) is 42.3 Å². The highest BCUT2D eigenvalue weighted by molar-refractivity contribution is 9.11. The number of carbonyl (C=O) groups excluding carboxylic acids is 1. The van der Waals surface area contributed by atoms with Gasteiger partial charge in [0.25, 0.3) is 0 Å². The number of nitrogens with zero attached hydrogens (tertiary/aromatic N) is 1. The Morgan fingerprint density at radius 1 is 1.27 bits per heavy atom. The number of cyclic esters (lactones) is 1. The molecule has 0 bridgehead atoms. The topological polar surface area (TPSA) is 95.2 Å². The molecule has 2 aromatic carbocycles. The summed E-state index contributed by atoms with van der Waals surface area (Å²) in [6.45, 7) is 4.23. The van der Waals surface area contributed by atoms with E-state index >= 15 is 0 Å². The monoisotopic (exact) mass is 557 g/mol. The van der Waals surface area contributed by atoms with Gasteiger partial charge in [-0.2, -0.15) is 0 Å². The van der Waals surface area contributed by atoms with E-state index in [4.69, 9.17) is 19.5 Å². The maximum absolute atomic E-state index is 11.6. The lowest BCUT2D eigenvalue weighted by molar-refractivity contribution is 0.0418. The number of benzene rings is 2. The SMILES string of the molecule is CC1(C)OC(=O)Nc2ccc(OCCCC=NOSc3cc(Br)c(N)c(Br)c3)cc21. The summed E-state index contributed by atoms with van der Waals surface area (Å²) < 4.78 is 18.0. The first kappa shape index (κ1) is 22.8. The van der Waals surface area contributed by atoms with E-state index in [1.807, 2.05) is 44.2 Å². The molecule has 1 heterocycles. The summed E-state index contributed by atoms with van der Waals surface area (Å²) in [4.78, 5) is 12.4. The molecule has 1 amide bonds. The van der Waals surface area contributed by atoms with Gasteiger partial charge in [-0.25, -0.2) is 4.79 Å². The van der Waals surface area contributed by atoms with Gasteiger partial charge in [-0.3, -0.25) is 5.32 Å². The Morgan fingerprint density at radius 3 is 2.73 bits per heavy atom. The fraction of sp³-hybridized carbons (Fsp3) is 0.300. The number of nitrogen functional groups attached to an aromatic ring is 1. The number of oxime groups is 1. The lowest BCUT2D eigenvalue weighted by atomic mass is 9.94. The van der Waals surface area contributed by atoms with E-state index in [0.29, 0.717) is 18.7 Å². The molecule has 0 aliphatic carbocycles. The molecule has 0 radical (unpaired) electrons. The number of anilines is 2.